The summed E-state index contributed by atoms with van der Waals surface area (Å²) < 4.78 is 5.47. The summed E-state index contributed by atoms with van der Waals surface area (Å²) in [6.45, 7) is 1.24. The predicted molar refractivity (Wildman–Crippen MR) is 107 cm³/mol. The van der Waals surface area contributed by atoms with Gasteiger partial charge in [-0.05, 0) is 36.2 Å². The molecule has 1 unspecified atom stereocenters. The highest BCUT2D eigenvalue weighted by molar-refractivity contribution is 5.97. The van der Waals surface area contributed by atoms with Gasteiger partial charge in [0.05, 0.1) is 12.5 Å². The molecular weight excluding hydrogens is 372 g/mol. The average Bonchev–Trinajstić information content (AvgIpc) is 3.08. The Hall–Kier alpha value is -3.35. The lowest BCUT2D eigenvalue weighted by Gasteiger charge is -2.16. The zero-order valence-corrected chi connectivity index (χ0v) is 16.0. The first kappa shape index (κ1) is 20.4. The minimum Gasteiger partial charge on any atom is -0.494 e. The van der Waals surface area contributed by atoms with E-state index >= 15 is 0 Å². The Balaban J connectivity index is 1.47. The first-order chi connectivity index (χ1) is 14.0. The van der Waals surface area contributed by atoms with E-state index in [4.69, 9.17) is 9.84 Å². The van der Waals surface area contributed by atoms with Gasteiger partial charge in [-0.15, -0.1) is 0 Å². The Labute approximate surface area is 169 Å². The van der Waals surface area contributed by atoms with Crippen molar-refractivity contribution in [2.45, 2.75) is 25.8 Å². The minimum atomic E-state index is -0.848. The molecule has 0 aromatic heterocycles. The van der Waals surface area contributed by atoms with Crippen LogP contribution in [0.25, 0.3) is 0 Å². The number of carboxylic acid groups (broad SMARTS) is 1. The smallest absolute Gasteiger partial charge is 0.303 e. The lowest BCUT2D eigenvalue weighted by atomic mass is 10.1. The molecule has 152 valence electrons. The van der Waals surface area contributed by atoms with Crippen molar-refractivity contribution in [1.29, 1.82) is 0 Å². The zero-order chi connectivity index (χ0) is 20.6. The molecule has 0 spiro atoms. The number of anilines is 1. The first-order valence-corrected chi connectivity index (χ1v) is 9.58. The summed E-state index contributed by atoms with van der Waals surface area (Å²) in [5.41, 5.74) is 1.67. The molecule has 7 heteroatoms. The number of aliphatic carboxylic acids is 1. The quantitative estimate of drug-likeness (QED) is 0.636. The number of ether oxygens (including phenoxy) is 1. The predicted octanol–water partition coefficient (Wildman–Crippen LogP) is 2.92. The third-order valence-electron chi connectivity index (χ3n) is 4.73. The van der Waals surface area contributed by atoms with E-state index in [1.54, 1.807) is 29.2 Å². The summed E-state index contributed by atoms with van der Waals surface area (Å²) >= 11 is 0. The Morgan fingerprint density at radius 2 is 1.83 bits per heavy atom. The molecule has 1 atom stereocenters. The molecule has 1 aliphatic heterocycles. The Morgan fingerprint density at radius 3 is 2.52 bits per heavy atom. The number of carbonyl (C=O) groups is 3. The highest BCUT2D eigenvalue weighted by atomic mass is 16.5. The van der Waals surface area contributed by atoms with E-state index in [-0.39, 0.29) is 30.6 Å². The van der Waals surface area contributed by atoms with Crippen molar-refractivity contribution in [2.75, 3.05) is 18.5 Å². The summed E-state index contributed by atoms with van der Waals surface area (Å²) in [6, 6.07) is 16.6. The Morgan fingerprint density at radius 1 is 1.10 bits per heavy atom. The summed E-state index contributed by atoms with van der Waals surface area (Å²) in [5.74, 6) is -0.806. The van der Waals surface area contributed by atoms with Crippen molar-refractivity contribution in [3.63, 3.8) is 0 Å². The summed E-state index contributed by atoms with van der Waals surface area (Å²) in [4.78, 5) is 37.0. The fourth-order valence-corrected chi connectivity index (χ4v) is 3.20. The van der Waals surface area contributed by atoms with Crippen LogP contribution in [0.1, 0.15) is 24.8 Å². The van der Waals surface area contributed by atoms with E-state index in [9.17, 15) is 14.4 Å². The number of carboxylic acids is 1. The molecule has 7 nitrogen and oxygen atoms in total. The van der Waals surface area contributed by atoms with Gasteiger partial charge in [0.15, 0.2) is 0 Å². The lowest BCUT2D eigenvalue weighted by Crippen LogP contribution is -2.28. The van der Waals surface area contributed by atoms with Crippen LogP contribution in [-0.4, -0.2) is 40.9 Å². The van der Waals surface area contributed by atoms with Crippen LogP contribution in [-0.2, 0) is 20.9 Å². The Bertz CT molecular complexity index is 851. The van der Waals surface area contributed by atoms with Crippen LogP contribution < -0.4 is 10.1 Å². The molecular formula is C22H24N2O5. The standard InChI is InChI=1S/C22H24N2O5/c25-20-13-17(15-24(20)14-16-5-2-1-3-6-16)22(28)23-18-8-10-19(11-9-18)29-12-4-7-21(26)27/h1-3,5-6,8-11,17H,4,7,12-15H2,(H,23,28)(H,26,27). The van der Waals surface area contributed by atoms with E-state index in [0.29, 0.717) is 37.6 Å². The number of likely N-dealkylation sites (tertiary alicyclic amines) is 1. The van der Waals surface area contributed by atoms with Gasteiger partial charge in [0, 0.05) is 31.6 Å². The summed E-state index contributed by atoms with van der Waals surface area (Å²) in [5, 5.41) is 11.5. The molecule has 0 aliphatic carbocycles. The molecule has 0 bridgehead atoms. The maximum Gasteiger partial charge on any atom is 0.303 e. The largest absolute Gasteiger partial charge is 0.494 e. The molecule has 0 radical (unpaired) electrons. The maximum absolute atomic E-state index is 12.5. The van der Waals surface area contributed by atoms with Gasteiger partial charge in [-0.25, -0.2) is 0 Å². The number of nitrogens with one attached hydrogen (secondary N) is 1. The van der Waals surface area contributed by atoms with Crippen molar-refractivity contribution in [3.05, 3.63) is 60.2 Å². The fourth-order valence-electron chi connectivity index (χ4n) is 3.20. The van der Waals surface area contributed by atoms with Gasteiger partial charge in [-0.1, -0.05) is 30.3 Å². The van der Waals surface area contributed by atoms with Crippen molar-refractivity contribution in [1.82, 2.24) is 4.90 Å². The van der Waals surface area contributed by atoms with Crippen molar-refractivity contribution >= 4 is 23.5 Å². The fraction of sp³-hybridized carbons (Fsp3) is 0.318. The van der Waals surface area contributed by atoms with Crippen molar-refractivity contribution < 1.29 is 24.2 Å². The molecule has 2 N–H and O–H groups in total. The third-order valence-corrected chi connectivity index (χ3v) is 4.73. The molecule has 1 aliphatic rings. The van der Waals surface area contributed by atoms with E-state index in [0.717, 1.165) is 5.56 Å². The van der Waals surface area contributed by atoms with Gasteiger partial charge in [0.1, 0.15) is 5.75 Å². The van der Waals surface area contributed by atoms with E-state index in [1.807, 2.05) is 30.3 Å². The number of amides is 2. The van der Waals surface area contributed by atoms with E-state index < -0.39 is 5.97 Å². The molecule has 2 amide bonds. The van der Waals surface area contributed by atoms with E-state index in [1.165, 1.54) is 0 Å². The third kappa shape index (κ3) is 6.07. The number of carbonyl (C=O) groups excluding carboxylic acids is 2. The first-order valence-electron chi connectivity index (χ1n) is 9.58. The number of benzene rings is 2. The Kier molecular flexibility index (Phi) is 6.84. The van der Waals surface area contributed by atoms with Crippen LogP contribution >= 0.6 is 0 Å². The molecule has 0 saturated carbocycles. The van der Waals surface area contributed by atoms with Gasteiger partial charge in [-0.3, -0.25) is 14.4 Å². The molecule has 1 saturated heterocycles. The van der Waals surface area contributed by atoms with Crippen LogP contribution in [0.5, 0.6) is 5.75 Å². The normalized spacial score (nSPS) is 15.9. The van der Waals surface area contributed by atoms with Crippen molar-refractivity contribution in [2.24, 2.45) is 5.92 Å². The van der Waals surface area contributed by atoms with Crippen LogP contribution in [0.4, 0.5) is 5.69 Å². The number of nitrogens with zero attached hydrogens (tertiary/aromatic N) is 1. The SMILES string of the molecule is O=C(O)CCCOc1ccc(NC(=O)C2CC(=O)N(Cc3ccccc3)C2)cc1. The van der Waals surface area contributed by atoms with Gasteiger partial charge in [0.25, 0.3) is 0 Å². The van der Waals surface area contributed by atoms with Gasteiger partial charge < -0.3 is 20.1 Å². The van der Waals surface area contributed by atoms with Crippen molar-refractivity contribution in [3.8, 4) is 5.75 Å². The number of hydrogen-bond acceptors (Lipinski definition) is 4. The summed E-state index contributed by atoms with van der Waals surface area (Å²) in [7, 11) is 0. The average molecular weight is 396 g/mol. The van der Waals surface area contributed by atoms with E-state index in [2.05, 4.69) is 5.32 Å². The topological polar surface area (TPSA) is 95.9 Å². The van der Waals surface area contributed by atoms with Crippen LogP contribution in [0.3, 0.4) is 0 Å². The molecule has 2 aromatic carbocycles. The van der Waals surface area contributed by atoms with Crippen LogP contribution in [0.2, 0.25) is 0 Å². The maximum atomic E-state index is 12.5. The lowest BCUT2D eigenvalue weighted by molar-refractivity contribution is -0.137. The van der Waals surface area contributed by atoms with Crippen LogP contribution in [0.15, 0.2) is 54.6 Å². The van der Waals surface area contributed by atoms with Gasteiger partial charge in [-0.2, -0.15) is 0 Å². The van der Waals surface area contributed by atoms with Crippen LogP contribution in [0, 0.1) is 5.92 Å². The second kappa shape index (κ2) is 9.73. The molecule has 1 heterocycles. The number of rotatable bonds is 9. The zero-order valence-electron chi connectivity index (χ0n) is 16.0. The van der Waals surface area contributed by atoms with Gasteiger partial charge >= 0.3 is 5.97 Å². The highest BCUT2D eigenvalue weighted by Crippen LogP contribution is 2.23. The highest BCUT2D eigenvalue weighted by Gasteiger charge is 2.34. The molecule has 1 fully saturated rings. The number of hydrogen-bond donors (Lipinski definition) is 2. The minimum absolute atomic E-state index is 0.0147. The molecule has 29 heavy (non-hydrogen) atoms. The molecule has 3 rings (SSSR count). The summed E-state index contributed by atoms with van der Waals surface area (Å²) in [6.07, 6.45) is 0.710. The molecule has 2 aromatic rings. The van der Waals surface area contributed by atoms with Gasteiger partial charge in [0.2, 0.25) is 11.8 Å². The second-order valence-corrected chi connectivity index (χ2v) is 7.02. The second-order valence-electron chi connectivity index (χ2n) is 7.02. The monoisotopic (exact) mass is 396 g/mol.